The highest BCUT2D eigenvalue weighted by Gasteiger charge is 2.46. The first-order valence-corrected chi connectivity index (χ1v) is 10.8. The van der Waals surface area contributed by atoms with Gasteiger partial charge >= 0.3 is 5.97 Å². The van der Waals surface area contributed by atoms with E-state index in [2.05, 4.69) is 4.98 Å². The number of carbonyl (C=O) groups excluding carboxylic acids is 1. The molecule has 1 aliphatic heterocycles. The molecule has 0 saturated carbocycles. The van der Waals surface area contributed by atoms with Crippen LogP contribution in [0.4, 0.5) is 0 Å². The van der Waals surface area contributed by atoms with E-state index in [1.165, 1.54) is 7.11 Å². The molecule has 164 valence electrons. The summed E-state index contributed by atoms with van der Waals surface area (Å²) in [7, 11) is 1.37. The van der Waals surface area contributed by atoms with E-state index in [1.807, 2.05) is 51.1 Å². The average Bonchev–Trinajstić information content (AvgIpc) is 3.12. The number of aromatic nitrogens is 1. The maximum absolute atomic E-state index is 12.2. The fourth-order valence-corrected chi connectivity index (χ4v) is 3.86. The first kappa shape index (κ1) is 22.5. The van der Waals surface area contributed by atoms with Crippen molar-refractivity contribution in [2.45, 2.75) is 58.7 Å². The molecule has 6 nitrogen and oxygen atoms in total. The molecule has 0 spiro atoms. The zero-order valence-electron chi connectivity index (χ0n) is 18.5. The second kappa shape index (κ2) is 10.2. The predicted molar refractivity (Wildman–Crippen MR) is 114 cm³/mol. The molecule has 1 aliphatic rings. The standard InChI is InChI=1S/C24H33NO5/c1-17(2)14-24(23(26)27-4)28-15-19(16-29-24)10-8-9-13-21-18(3)30-22(25-21)20-11-6-5-7-12-20/h5-7,11-12,17,19H,8-10,13-16H2,1-4H3. The summed E-state index contributed by atoms with van der Waals surface area (Å²) in [6.45, 7) is 7.09. The smallest absolute Gasteiger partial charge is 0.366 e. The molecule has 1 saturated heterocycles. The number of benzene rings is 1. The molecule has 0 unspecified atom stereocenters. The molecule has 0 amide bonds. The monoisotopic (exact) mass is 415 g/mol. The van der Waals surface area contributed by atoms with Crippen LogP contribution in [0.25, 0.3) is 11.5 Å². The molecular weight excluding hydrogens is 382 g/mol. The minimum absolute atomic E-state index is 0.270. The highest BCUT2D eigenvalue weighted by atomic mass is 16.7. The summed E-state index contributed by atoms with van der Waals surface area (Å²) in [5, 5.41) is 0. The summed E-state index contributed by atoms with van der Waals surface area (Å²) in [5.74, 6) is 0.437. The Labute approximate surface area is 178 Å². The van der Waals surface area contributed by atoms with Crippen molar-refractivity contribution in [2.75, 3.05) is 20.3 Å². The number of oxazole rings is 1. The number of methoxy groups -OCH3 is 1. The number of carbonyl (C=O) groups is 1. The molecule has 3 rings (SSSR count). The molecule has 6 heteroatoms. The van der Waals surface area contributed by atoms with E-state index in [0.717, 1.165) is 42.7 Å². The number of rotatable bonds is 9. The van der Waals surface area contributed by atoms with E-state index >= 15 is 0 Å². The molecular formula is C24H33NO5. The van der Waals surface area contributed by atoms with Crippen molar-refractivity contribution in [3.63, 3.8) is 0 Å². The molecule has 0 bridgehead atoms. The number of hydrogen-bond acceptors (Lipinski definition) is 6. The van der Waals surface area contributed by atoms with Crippen LogP contribution < -0.4 is 0 Å². The SMILES string of the molecule is COC(=O)C1(CC(C)C)OCC(CCCCc2nc(-c3ccccc3)oc2C)CO1. The molecule has 30 heavy (non-hydrogen) atoms. The van der Waals surface area contributed by atoms with E-state index in [9.17, 15) is 4.79 Å². The summed E-state index contributed by atoms with van der Waals surface area (Å²) >= 11 is 0. The normalized spacial score (nSPS) is 21.7. The molecule has 0 N–H and O–H groups in total. The summed E-state index contributed by atoms with van der Waals surface area (Å²) in [5.41, 5.74) is 2.02. The Morgan fingerprint density at radius 2 is 1.90 bits per heavy atom. The molecule has 1 fully saturated rings. The molecule has 1 aromatic heterocycles. The van der Waals surface area contributed by atoms with Crippen molar-refractivity contribution in [1.82, 2.24) is 4.98 Å². The van der Waals surface area contributed by atoms with Gasteiger partial charge in [0, 0.05) is 17.9 Å². The fraction of sp³-hybridized carbons (Fsp3) is 0.583. The first-order valence-electron chi connectivity index (χ1n) is 10.8. The van der Waals surface area contributed by atoms with E-state index in [0.29, 0.717) is 25.5 Å². The van der Waals surface area contributed by atoms with Crippen LogP contribution in [0, 0.1) is 18.8 Å². The lowest BCUT2D eigenvalue weighted by molar-refractivity contribution is -0.286. The van der Waals surface area contributed by atoms with Crippen molar-refractivity contribution in [3.8, 4) is 11.5 Å². The lowest BCUT2D eigenvalue weighted by Crippen LogP contribution is -2.51. The van der Waals surface area contributed by atoms with Crippen molar-refractivity contribution < 1.29 is 23.4 Å². The molecule has 2 heterocycles. The number of esters is 1. The summed E-state index contributed by atoms with van der Waals surface area (Å²) in [6, 6.07) is 9.96. The van der Waals surface area contributed by atoms with Gasteiger partial charge in [-0.3, -0.25) is 0 Å². The third-order valence-corrected chi connectivity index (χ3v) is 5.47. The van der Waals surface area contributed by atoms with Crippen molar-refractivity contribution in [3.05, 3.63) is 41.8 Å². The van der Waals surface area contributed by atoms with Gasteiger partial charge in [0.2, 0.25) is 5.89 Å². The fourth-order valence-electron chi connectivity index (χ4n) is 3.86. The number of hydrogen-bond donors (Lipinski definition) is 0. The van der Waals surface area contributed by atoms with Crippen LogP contribution >= 0.6 is 0 Å². The lowest BCUT2D eigenvalue weighted by atomic mass is 9.98. The summed E-state index contributed by atoms with van der Waals surface area (Å²) in [4.78, 5) is 16.9. The Bertz CT molecular complexity index is 806. The van der Waals surface area contributed by atoms with Crippen LogP contribution in [0.2, 0.25) is 0 Å². The molecule has 0 atom stereocenters. The van der Waals surface area contributed by atoms with Gasteiger partial charge in [-0.25, -0.2) is 9.78 Å². The van der Waals surface area contributed by atoms with E-state index in [4.69, 9.17) is 18.6 Å². The van der Waals surface area contributed by atoms with Gasteiger partial charge in [-0.2, -0.15) is 0 Å². The van der Waals surface area contributed by atoms with Gasteiger partial charge in [0.05, 0.1) is 26.0 Å². The number of aryl methyl sites for hydroxylation is 2. The third-order valence-electron chi connectivity index (χ3n) is 5.47. The van der Waals surface area contributed by atoms with Crippen molar-refractivity contribution in [1.29, 1.82) is 0 Å². The Hall–Kier alpha value is -2.18. The summed E-state index contributed by atoms with van der Waals surface area (Å²) in [6.07, 6.45) is 4.44. The lowest BCUT2D eigenvalue weighted by Gasteiger charge is -2.38. The second-order valence-corrected chi connectivity index (χ2v) is 8.46. The highest BCUT2D eigenvalue weighted by molar-refractivity contribution is 5.77. The minimum atomic E-state index is -1.24. The van der Waals surface area contributed by atoms with E-state index in [1.54, 1.807) is 0 Å². The first-order chi connectivity index (χ1) is 14.4. The number of nitrogens with zero attached hydrogens (tertiary/aromatic N) is 1. The van der Waals surface area contributed by atoms with Crippen molar-refractivity contribution >= 4 is 5.97 Å². The van der Waals surface area contributed by atoms with Crippen LogP contribution in [-0.2, 0) is 25.4 Å². The molecule has 1 aromatic carbocycles. The van der Waals surface area contributed by atoms with Gasteiger partial charge in [0.1, 0.15) is 5.76 Å². The molecule has 2 aromatic rings. The summed E-state index contributed by atoms with van der Waals surface area (Å²) < 4.78 is 22.6. The zero-order chi connectivity index (χ0) is 21.6. The third kappa shape index (κ3) is 5.49. The predicted octanol–water partition coefficient (Wildman–Crippen LogP) is 4.94. The average molecular weight is 416 g/mol. The van der Waals surface area contributed by atoms with E-state index < -0.39 is 11.8 Å². The second-order valence-electron chi connectivity index (χ2n) is 8.46. The van der Waals surface area contributed by atoms with Crippen LogP contribution in [-0.4, -0.2) is 37.1 Å². The Balaban J connectivity index is 1.45. The van der Waals surface area contributed by atoms with Gasteiger partial charge in [0.15, 0.2) is 0 Å². The zero-order valence-corrected chi connectivity index (χ0v) is 18.5. The van der Waals surface area contributed by atoms with Gasteiger partial charge in [-0.1, -0.05) is 38.5 Å². The molecule has 0 aliphatic carbocycles. The Kier molecular flexibility index (Phi) is 7.67. The number of ether oxygens (including phenoxy) is 3. The maximum Gasteiger partial charge on any atom is 0.366 e. The van der Waals surface area contributed by atoms with Gasteiger partial charge in [-0.15, -0.1) is 0 Å². The molecule has 0 radical (unpaired) electrons. The van der Waals surface area contributed by atoms with Gasteiger partial charge < -0.3 is 18.6 Å². The Morgan fingerprint density at radius 3 is 2.53 bits per heavy atom. The maximum atomic E-state index is 12.2. The highest BCUT2D eigenvalue weighted by Crippen LogP contribution is 2.31. The van der Waals surface area contributed by atoms with Crippen LogP contribution in [0.3, 0.4) is 0 Å². The van der Waals surface area contributed by atoms with Crippen molar-refractivity contribution in [2.24, 2.45) is 11.8 Å². The minimum Gasteiger partial charge on any atom is -0.465 e. The van der Waals surface area contributed by atoms with Gasteiger partial charge in [0.25, 0.3) is 5.79 Å². The number of unbranched alkanes of at least 4 members (excludes halogenated alkanes) is 1. The van der Waals surface area contributed by atoms with E-state index in [-0.39, 0.29) is 11.8 Å². The Morgan fingerprint density at radius 1 is 1.20 bits per heavy atom. The van der Waals surface area contributed by atoms with Crippen LogP contribution in [0.15, 0.2) is 34.7 Å². The van der Waals surface area contributed by atoms with Gasteiger partial charge in [-0.05, 0) is 44.2 Å². The largest absolute Gasteiger partial charge is 0.465 e. The topological polar surface area (TPSA) is 70.8 Å². The van der Waals surface area contributed by atoms with Crippen LogP contribution in [0.1, 0.15) is 51.0 Å². The van der Waals surface area contributed by atoms with Crippen LogP contribution in [0.5, 0.6) is 0 Å². The quantitative estimate of drug-likeness (QED) is 0.427.